The van der Waals surface area contributed by atoms with Crippen LogP contribution in [0.15, 0.2) is 18.2 Å². The lowest BCUT2D eigenvalue weighted by Gasteiger charge is -2.06. The maximum Gasteiger partial charge on any atom is 0.335 e. The fraction of sp³-hybridized carbons (Fsp3) is 0.611. The van der Waals surface area contributed by atoms with Crippen LogP contribution in [0.5, 0.6) is 5.75 Å². The molecule has 0 spiro atoms. The molecular weight excluding hydrogens is 264 g/mol. The zero-order valence-corrected chi connectivity index (χ0v) is 13.1. The minimum absolute atomic E-state index is 0.208. The lowest BCUT2D eigenvalue weighted by molar-refractivity contribution is 0.0696. The van der Waals surface area contributed by atoms with Gasteiger partial charge in [-0.3, -0.25) is 0 Å². The fourth-order valence-corrected chi connectivity index (χ4v) is 2.54. The summed E-state index contributed by atoms with van der Waals surface area (Å²) in [6.45, 7) is 2.23. The first kappa shape index (κ1) is 17.5. The van der Waals surface area contributed by atoms with E-state index >= 15 is 0 Å². The maximum absolute atomic E-state index is 10.9. The van der Waals surface area contributed by atoms with Crippen molar-refractivity contribution >= 4 is 5.97 Å². The first-order valence-electron chi connectivity index (χ1n) is 8.20. The Morgan fingerprint density at radius 3 is 2.10 bits per heavy atom. The van der Waals surface area contributed by atoms with Crippen LogP contribution < -0.4 is 0 Å². The number of carboxylic acids is 1. The number of carboxylic acid groups (broad SMARTS) is 1. The average molecular weight is 292 g/mol. The molecule has 0 saturated heterocycles. The van der Waals surface area contributed by atoms with E-state index in [2.05, 4.69) is 6.92 Å². The molecule has 0 aliphatic carbocycles. The van der Waals surface area contributed by atoms with Gasteiger partial charge in [0, 0.05) is 0 Å². The van der Waals surface area contributed by atoms with Crippen LogP contribution in [-0.4, -0.2) is 16.2 Å². The highest BCUT2D eigenvalue weighted by Gasteiger charge is 2.07. The van der Waals surface area contributed by atoms with Crippen LogP contribution in [0.2, 0.25) is 0 Å². The van der Waals surface area contributed by atoms with Crippen molar-refractivity contribution in [1.29, 1.82) is 0 Å². The normalized spacial score (nSPS) is 10.7. The first-order chi connectivity index (χ1) is 10.1. The van der Waals surface area contributed by atoms with Crippen molar-refractivity contribution in [2.45, 2.75) is 71.1 Å². The topological polar surface area (TPSA) is 57.5 Å². The number of benzene rings is 1. The molecule has 0 radical (unpaired) electrons. The Morgan fingerprint density at radius 2 is 1.52 bits per heavy atom. The van der Waals surface area contributed by atoms with Crippen molar-refractivity contribution in [1.82, 2.24) is 0 Å². The van der Waals surface area contributed by atoms with Gasteiger partial charge in [0.2, 0.25) is 0 Å². The second-order valence-electron chi connectivity index (χ2n) is 5.73. The highest BCUT2D eigenvalue weighted by atomic mass is 16.4. The Hall–Kier alpha value is -1.51. The van der Waals surface area contributed by atoms with Crippen molar-refractivity contribution in [2.24, 2.45) is 0 Å². The van der Waals surface area contributed by atoms with Crippen LogP contribution in [0.25, 0.3) is 0 Å². The number of rotatable bonds is 11. The molecule has 2 N–H and O–H groups in total. The number of unbranched alkanes of at least 4 members (excludes halogenated alkanes) is 8. The van der Waals surface area contributed by atoms with Crippen LogP contribution >= 0.6 is 0 Å². The molecule has 3 nitrogen and oxygen atoms in total. The fourth-order valence-electron chi connectivity index (χ4n) is 2.54. The molecule has 0 aliphatic heterocycles. The van der Waals surface area contributed by atoms with E-state index in [0.717, 1.165) is 24.8 Å². The molecule has 1 aromatic rings. The third kappa shape index (κ3) is 7.16. The Labute approximate surface area is 128 Å². The van der Waals surface area contributed by atoms with Crippen LogP contribution in [0, 0.1) is 0 Å². The number of aryl methyl sites for hydroxylation is 1. The van der Waals surface area contributed by atoms with Gasteiger partial charge in [-0.2, -0.15) is 0 Å². The Bertz CT molecular complexity index is 426. The number of phenols is 1. The van der Waals surface area contributed by atoms with Crippen molar-refractivity contribution in [2.75, 3.05) is 0 Å². The van der Waals surface area contributed by atoms with E-state index in [-0.39, 0.29) is 11.3 Å². The summed E-state index contributed by atoms with van der Waals surface area (Å²) in [5.74, 6) is -0.733. The molecular formula is C18H28O3. The largest absolute Gasteiger partial charge is 0.508 e. The zero-order valence-electron chi connectivity index (χ0n) is 13.1. The number of phenolic OH excluding ortho intramolecular Hbond substituents is 1. The summed E-state index contributed by atoms with van der Waals surface area (Å²) in [4.78, 5) is 10.9. The Balaban J connectivity index is 2.18. The molecule has 0 unspecified atom stereocenters. The van der Waals surface area contributed by atoms with Gasteiger partial charge < -0.3 is 10.2 Å². The van der Waals surface area contributed by atoms with E-state index in [1.807, 2.05) is 0 Å². The van der Waals surface area contributed by atoms with Gasteiger partial charge in [-0.15, -0.1) is 0 Å². The van der Waals surface area contributed by atoms with Gasteiger partial charge >= 0.3 is 5.97 Å². The minimum Gasteiger partial charge on any atom is -0.508 e. The molecule has 0 aromatic heterocycles. The van der Waals surface area contributed by atoms with Crippen molar-refractivity contribution in [3.63, 3.8) is 0 Å². The highest BCUT2D eigenvalue weighted by Crippen LogP contribution is 2.21. The molecule has 0 heterocycles. The third-order valence-corrected chi connectivity index (χ3v) is 3.88. The number of hydrogen-bond acceptors (Lipinski definition) is 2. The molecule has 0 amide bonds. The van der Waals surface area contributed by atoms with E-state index in [1.54, 1.807) is 6.07 Å². The van der Waals surface area contributed by atoms with Gasteiger partial charge in [0.15, 0.2) is 0 Å². The molecule has 118 valence electrons. The smallest absolute Gasteiger partial charge is 0.335 e. The molecule has 1 rings (SSSR count). The summed E-state index contributed by atoms with van der Waals surface area (Å²) < 4.78 is 0. The van der Waals surface area contributed by atoms with Gasteiger partial charge in [-0.1, -0.05) is 58.3 Å². The van der Waals surface area contributed by atoms with Gasteiger partial charge in [-0.05, 0) is 36.6 Å². The third-order valence-electron chi connectivity index (χ3n) is 3.88. The van der Waals surface area contributed by atoms with Gasteiger partial charge in [-0.25, -0.2) is 4.79 Å². The number of hydrogen-bond donors (Lipinski definition) is 2. The summed E-state index contributed by atoms with van der Waals surface area (Å²) >= 11 is 0. The molecule has 3 heteroatoms. The molecule has 1 aromatic carbocycles. The molecule has 21 heavy (non-hydrogen) atoms. The predicted molar refractivity (Wildman–Crippen MR) is 86.0 cm³/mol. The minimum atomic E-state index is -0.941. The second kappa shape index (κ2) is 10.3. The molecule has 0 aliphatic rings. The van der Waals surface area contributed by atoms with E-state index in [9.17, 15) is 9.90 Å². The first-order valence-corrected chi connectivity index (χ1v) is 8.20. The van der Waals surface area contributed by atoms with Gasteiger partial charge in [0.25, 0.3) is 0 Å². The summed E-state index contributed by atoms with van der Waals surface area (Å²) in [7, 11) is 0. The lowest BCUT2D eigenvalue weighted by Crippen LogP contribution is -1.98. The maximum atomic E-state index is 10.9. The molecule has 0 bridgehead atoms. The number of aromatic carboxylic acids is 1. The van der Waals surface area contributed by atoms with Gasteiger partial charge in [0.05, 0.1) is 5.56 Å². The summed E-state index contributed by atoms with van der Waals surface area (Å²) in [6.07, 6.45) is 12.1. The van der Waals surface area contributed by atoms with Crippen molar-refractivity contribution in [3.05, 3.63) is 29.3 Å². The number of aromatic hydroxyl groups is 1. The summed E-state index contributed by atoms with van der Waals surface area (Å²) in [5, 5.41) is 18.7. The predicted octanol–water partition coefficient (Wildman–Crippen LogP) is 5.16. The Morgan fingerprint density at radius 1 is 0.952 bits per heavy atom. The monoisotopic (exact) mass is 292 g/mol. The van der Waals surface area contributed by atoms with Gasteiger partial charge in [0.1, 0.15) is 5.75 Å². The van der Waals surface area contributed by atoms with Crippen LogP contribution in [0.3, 0.4) is 0 Å². The van der Waals surface area contributed by atoms with Crippen LogP contribution in [0.1, 0.15) is 80.6 Å². The lowest BCUT2D eigenvalue weighted by atomic mass is 10.0. The molecule has 0 atom stereocenters. The molecule has 0 fully saturated rings. The second-order valence-corrected chi connectivity index (χ2v) is 5.73. The van der Waals surface area contributed by atoms with Crippen LogP contribution in [0.4, 0.5) is 0 Å². The van der Waals surface area contributed by atoms with Crippen LogP contribution in [-0.2, 0) is 6.42 Å². The summed E-state index contributed by atoms with van der Waals surface area (Å²) in [5.41, 5.74) is 0.997. The SMILES string of the molecule is CCCCCCCCCCCc1cc(C(=O)O)ccc1O. The molecule has 0 saturated carbocycles. The van der Waals surface area contributed by atoms with Crippen molar-refractivity contribution in [3.8, 4) is 5.75 Å². The highest BCUT2D eigenvalue weighted by molar-refractivity contribution is 5.88. The van der Waals surface area contributed by atoms with E-state index in [0.29, 0.717) is 0 Å². The van der Waals surface area contributed by atoms with E-state index < -0.39 is 5.97 Å². The Kier molecular flexibility index (Phi) is 8.56. The summed E-state index contributed by atoms with van der Waals surface area (Å²) in [6, 6.07) is 4.51. The number of carbonyl (C=O) groups is 1. The zero-order chi connectivity index (χ0) is 15.5. The standard InChI is InChI=1S/C18H28O3/c1-2-3-4-5-6-7-8-9-10-11-15-14-16(18(20)21)12-13-17(15)19/h12-14,19H,2-11H2,1H3,(H,20,21). The van der Waals surface area contributed by atoms with Crippen molar-refractivity contribution < 1.29 is 15.0 Å². The van der Waals surface area contributed by atoms with E-state index in [4.69, 9.17) is 5.11 Å². The average Bonchev–Trinajstić information content (AvgIpc) is 2.47. The quantitative estimate of drug-likeness (QED) is 0.554. The van der Waals surface area contributed by atoms with E-state index in [1.165, 1.54) is 57.1 Å².